The fraction of sp³-hybridized carbons (Fsp3) is 0.933. The second-order valence-electron chi connectivity index (χ2n) is 6.60. The Bertz CT molecular complexity index is 355. The van der Waals surface area contributed by atoms with E-state index in [1.807, 2.05) is 0 Å². The molecule has 0 radical (unpaired) electrons. The van der Waals surface area contributed by atoms with E-state index in [2.05, 4.69) is 4.90 Å². The summed E-state index contributed by atoms with van der Waals surface area (Å²) < 4.78 is 11.9. The molecule has 0 aromatic carbocycles. The number of hydrogen-bond acceptors (Lipinski definition) is 4. The first-order chi connectivity index (χ1) is 9.67. The summed E-state index contributed by atoms with van der Waals surface area (Å²) in [6.45, 7) is 3.30. The molecule has 3 fully saturated rings. The van der Waals surface area contributed by atoms with Gasteiger partial charge in [-0.15, -0.1) is 0 Å². The van der Waals surface area contributed by atoms with Crippen molar-refractivity contribution in [2.45, 2.75) is 62.8 Å². The molecule has 1 spiro atoms. The van der Waals surface area contributed by atoms with Crippen LogP contribution in [-0.4, -0.2) is 54.8 Å². The fourth-order valence-electron chi connectivity index (χ4n) is 3.93. The lowest BCUT2D eigenvalue weighted by atomic mass is 9.83. The normalized spacial score (nSPS) is 34.4. The zero-order valence-electron chi connectivity index (χ0n) is 12.3. The van der Waals surface area contributed by atoms with Gasteiger partial charge in [0.1, 0.15) is 11.9 Å². The molecule has 5 heteroatoms. The third-order valence-electron chi connectivity index (χ3n) is 5.06. The highest BCUT2D eigenvalue weighted by molar-refractivity contribution is 5.82. The first-order valence-corrected chi connectivity index (χ1v) is 8.03. The lowest BCUT2D eigenvalue weighted by molar-refractivity contribution is -0.0818. The third-order valence-corrected chi connectivity index (χ3v) is 5.06. The van der Waals surface area contributed by atoms with Gasteiger partial charge in [0.25, 0.3) is 0 Å². The van der Waals surface area contributed by atoms with Crippen molar-refractivity contribution in [1.82, 2.24) is 4.90 Å². The van der Waals surface area contributed by atoms with Crippen LogP contribution in [0, 0.1) is 5.41 Å². The minimum absolute atomic E-state index is 0.144. The Kier molecular flexibility index (Phi) is 4.29. The van der Waals surface area contributed by atoms with Gasteiger partial charge in [0, 0.05) is 19.6 Å². The molecule has 2 heterocycles. The van der Waals surface area contributed by atoms with E-state index in [0.29, 0.717) is 12.7 Å². The minimum atomic E-state index is -0.228. The van der Waals surface area contributed by atoms with Gasteiger partial charge in [-0.3, -0.25) is 10.3 Å². The zero-order chi connectivity index (χ0) is 14.0. The second-order valence-corrected chi connectivity index (χ2v) is 6.60. The van der Waals surface area contributed by atoms with Gasteiger partial charge >= 0.3 is 0 Å². The SMILES string of the molecule is N=C(N)C1CN(CC2CCC3(CCCCC3)O2)CCO1. The highest BCUT2D eigenvalue weighted by atomic mass is 16.5. The maximum absolute atomic E-state index is 7.51. The number of rotatable bonds is 3. The molecular weight excluding hydrogens is 254 g/mol. The van der Waals surface area contributed by atoms with Gasteiger partial charge in [-0.05, 0) is 25.7 Å². The van der Waals surface area contributed by atoms with Crippen molar-refractivity contribution in [1.29, 1.82) is 5.41 Å². The van der Waals surface area contributed by atoms with E-state index in [4.69, 9.17) is 20.6 Å². The molecule has 0 bridgehead atoms. The Morgan fingerprint density at radius 1 is 1.25 bits per heavy atom. The van der Waals surface area contributed by atoms with Crippen LogP contribution in [0.4, 0.5) is 0 Å². The summed E-state index contributed by atoms with van der Waals surface area (Å²) in [7, 11) is 0. The van der Waals surface area contributed by atoms with Gasteiger partial charge in [-0.1, -0.05) is 19.3 Å². The van der Waals surface area contributed by atoms with E-state index >= 15 is 0 Å². The second kappa shape index (κ2) is 6.00. The van der Waals surface area contributed by atoms with Crippen molar-refractivity contribution in [3.63, 3.8) is 0 Å². The van der Waals surface area contributed by atoms with Crippen LogP contribution in [-0.2, 0) is 9.47 Å². The standard InChI is InChI=1S/C15H27N3O2/c16-14(17)13-11-18(8-9-19-13)10-12-4-7-15(20-12)5-2-1-3-6-15/h12-13H,1-11H2,(H3,16,17). The lowest BCUT2D eigenvalue weighted by Gasteiger charge is -2.36. The van der Waals surface area contributed by atoms with E-state index in [0.717, 1.165) is 19.6 Å². The Morgan fingerprint density at radius 2 is 2.05 bits per heavy atom. The van der Waals surface area contributed by atoms with E-state index in [-0.39, 0.29) is 17.5 Å². The first kappa shape index (κ1) is 14.3. The number of nitrogens with two attached hydrogens (primary N) is 1. The number of hydrogen-bond donors (Lipinski definition) is 2. The third kappa shape index (κ3) is 3.15. The number of ether oxygens (including phenoxy) is 2. The van der Waals surface area contributed by atoms with Gasteiger partial charge < -0.3 is 15.2 Å². The number of amidine groups is 1. The molecule has 20 heavy (non-hydrogen) atoms. The summed E-state index contributed by atoms with van der Waals surface area (Å²) >= 11 is 0. The van der Waals surface area contributed by atoms with Crippen molar-refractivity contribution in [3.05, 3.63) is 0 Å². The first-order valence-electron chi connectivity index (χ1n) is 8.03. The van der Waals surface area contributed by atoms with Crippen LogP contribution in [0.15, 0.2) is 0 Å². The summed E-state index contributed by atoms with van der Waals surface area (Å²) in [5, 5.41) is 7.51. The van der Waals surface area contributed by atoms with Crippen molar-refractivity contribution >= 4 is 5.84 Å². The fourth-order valence-corrected chi connectivity index (χ4v) is 3.93. The minimum Gasteiger partial charge on any atom is -0.385 e. The predicted molar refractivity (Wildman–Crippen MR) is 78.0 cm³/mol. The summed E-state index contributed by atoms with van der Waals surface area (Å²) in [5.41, 5.74) is 5.75. The Balaban J connectivity index is 1.50. The molecule has 2 unspecified atom stereocenters. The Morgan fingerprint density at radius 3 is 2.80 bits per heavy atom. The van der Waals surface area contributed by atoms with Crippen LogP contribution in [0.2, 0.25) is 0 Å². The van der Waals surface area contributed by atoms with Gasteiger partial charge in [-0.2, -0.15) is 0 Å². The molecule has 114 valence electrons. The average Bonchev–Trinajstić information content (AvgIpc) is 2.82. The van der Waals surface area contributed by atoms with Crippen molar-refractivity contribution in [3.8, 4) is 0 Å². The molecule has 0 amide bonds. The van der Waals surface area contributed by atoms with Gasteiger partial charge in [0.05, 0.1) is 18.3 Å². The smallest absolute Gasteiger partial charge is 0.127 e. The van der Waals surface area contributed by atoms with Crippen molar-refractivity contribution < 1.29 is 9.47 Å². The molecule has 1 aliphatic carbocycles. The molecule has 2 aliphatic heterocycles. The zero-order valence-corrected chi connectivity index (χ0v) is 12.3. The summed E-state index contributed by atoms with van der Waals surface area (Å²) in [5.74, 6) is 0.144. The van der Waals surface area contributed by atoms with Crippen LogP contribution < -0.4 is 5.73 Å². The molecular formula is C15H27N3O2. The highest BCUT2D eigenvalue weighted by Crippen LogP contribution is 2.42. The molecule has 0 aromatic heterocycles. The van der Waals surface area contributed by atoms with Crippen LogP contribution in [0.1, 0.15) is 44.9 Å². The van der Waals surface area contributed by atoms with Crippen molar-refractivity contribution in [2.75, 3.05) is 26.2 Å². The summed E-state index contributed by atoms with van der Waals surface area (Å²) in [6, 6.07) is 0. The quantitative estimate of drug-likeness (QED) is 0.607. The maximum atomic E-state index is 7.51. The summed E-state index contributed by atoms with van der Waals surface area (Å²) in [4.78, 5) is 2.35. The van der Waals surface area contributed by atoms with Gasteiger partial charge in [-0.25, -0.2) is 0 Å². The van der Waals surface area contributed by atoms with Crippen molar-refractivity contribution in [2.24, 2.45) is 5.73 Å². The monoisotopic (exact) mass is 281 g/mol. The molecule has 1 saturated carbocycles. The number of morpholine rings is 1. The van der Waals surface area contributed by atoms with Crippen LogP contribution in [0.5, 0.6) is 0 Å². The lowest BCUT2D eigenvalue weighted by Crippen LogP contribution is -2.50. The van der Waals surface area contributed by atoms with E-state index < -0.39 is 0 Å². The molecule has 3 N–H and O–H groups in total. The molecule has 3 aliphatic rings. The van der Waals surface area contributed by atoms with Crippen LogP contribution in [0.3, 0.4) is 0 Å². The number of nitrogens with one attached hydrogen (secondary N) is 1. The molecule has 0 aromatic rings. The highest BCUT2D eigenvalue weighted by Gasteiger charge is 2.41. The molecule has 2 atom stereocenters. The Hall–Kier alpha value is -0.650. The van der Waals surface area contributed by atoms with Crippen LogP contribution >= 0.6 is 0 Å². The van der Waals surface area contributed by atoms with E-state index in [9.17, 15) is 0 Å². The Labute approximate surface area is 121 Å². The van der Waals surface area contributed by atoms with Crippen LogP contribution in [0.25, 0.3) is 0 Å². The summed E-state index contributed by atoms with van der Waals surface area (Å²) in [6.07, 6.45) is 9.09. The van der Waals surface area contributed by atoms with Gasteiger partial charge in [0.15, 0.2) is 0 Å². The molecule has 5 nitrogen and oxygen atoms in total. The van der Waals surface area contributed by atoms with E-state index in [1.165, 1.54) is 44.9 Å². The van der Waals surface area contributed by atoms with E-state index in [1.54, 1.807) is 0 Å². The predicted octanol–water partition coefficient (Wildman–Crippen LogP) is 1.51. The maximum Gasteiger partial charge on any atom is 0.127 e. The average molecular weight is 281 g/mol. The molecule has 2 saturated heterocycles. The largest absolute Gasteiger partial charge is 0.385 e. The number of nitrogens with zero attached hydrogens (tertiary/aromatic N) is 1. The molecule has 3 rings (SSSR count). The van der Waals surface area contributed by atoms with Gasteiger partial charge in [0.2, 0.25) is 0 Å². The topological polar surface area (TPSA) is 71.6 Å².